The third kappa shape index (κ3) is 1.88. The van der Waals surface area contributed by atoms with Crippen LogP contribution in [0.15, 0.2) is 31.1 Å². The highest BCUT2D eigenvalue weighted by molar-refractivity contribution is 5.44. The average Bonchev–Trinajstić information content (AvgIpc) is 2.05. The zero-order valence-electron chi connectivity index (χ0n) is 6.57. The van der Waals surface area contributed by atoms with Crippen LogP contribution in [0.4, 0.5) is 0 Å². The van der Waals surface area contributed by atoms with E-state index in [0.717, 1.165) is 5.56 Å². The van der Waals surface area contributed by atoms with Crippen LogP contribution in [0.25, 0.3) is 6.08 Å². The van der Waals surface area contributed by atoms with Crippen molar-refractivity contribution in [3.63, 3.8) is 0 Å². The molecule has 1 atom stereocenters. The zero-order valence-corrected chi connectivity index (χ0v) is 6.57. The van der Waals surface area contributed by atoms with Crippen molar-refractivity contribution >= 4 is 6.08 Å². The van der Waals surface area contributed by atoms with E-state index in [0.29, 0.717) is 0 Å². The number of hydrogen-bond donors (Lipinski definition) is 1. The SMILES string of the molecule is C=Cc1cc[n+](C(C)O)cc1. The molecule has 1 N–H and O–H groups in total. The summed E-state index contributed by atoms with van der Waals surface area (Å²) < 4.78 is 1.72. The molecule has 11 heavy (non-hydrogen) atoms. The first-order valence-electron chi connectivity index (χ1n) is 3.55. The molecule has 0 amide bonds. The minimum Gasteiger partial charge on any atom is -0.337 e. The van der Waals surface area contributed by atoms with E-state index in [2.05, 4.69) is 6.58 Å². The molecule has 1 rings (SSSR count). The Hall–Kier alpha value is -1.15. The van der Waals surface area contributed by atoms with Crippen molar-refractivity contribution < 1.29 is 9.67 Å². The number of aliphatic hydroxyl groups excluding tert-OH is 1. The van der Waals surface area contributed by atoms with Gasteiger partial charge >= 0.3 is 0 Å². The third-order valence-electron chi connectivity index (χ3n) is 1.55. The van der Waals surface area contributed by atoms with Crippen molar-refractivity contribution in [3.8, 4) is 0 Å². The van der Waals surface area contributed by atoms with Crippen LogP contribution >= 0.6 is 0 Å². The lowest BCUT2D eigenvalue weighted by molar-refractivity contribution is -0.755. The van der Waals surface area contributed by atoms with Crippen molar-refractivity contribution in [1.82, 2.24) is 0 Å². The maximum absolute atomic E-state index is 9.12. The molecule has 0 aliphatic carbocycles. The standard InChI is InChI=1S/C9H12NO/c1-3-9-4-6-10(7-5-9)8(2)11/h3-8,11H,1H2,2H3/q+1. The van der Waals surface area contributed by atoms with E-state index in [1.165, 1.54) is 0 Å². The Morgan fingerprint density at radius 2 is 2.09 bits per heavy atom. The van der Waals surface area contributed by atoms with Gasteiger partial charge in [0, 0.05) is 19.1 Å². The first-order chi connectivity index (χ1) is 5.24. The molecule has 1 unspecified atom stereocenters. The second-order valence-electron chi connectivity index (χ2n) is 2.41. The van der Waals surface area contributed by atoms with Gasteiger partial charge in [0.25, 0.3) is 6.23 Å². The van der Waals surface area contributed by atoms with Gasteiger partial charge in [0.1, 0.15) is 0 Å². The molecule has 0 saturated heterocycles. The molecular weight excluding hydrogens is 138 g/mol. The van der Waals surface area contributed by atoms with Gasteiger partial charge in [-0.1, -0.05) is 12.7 Å². The number of aromatic nitrogens is 1. The van der Waals surface area contributed by atoms with Crippen LogP contribution < -0.4 is 4.57 Å². The molecule has 0 bridgehead atoms. The summed E-state index contributed by atoms with van der Waals surface area (Å²) in [7, 11) is 0. The normalized spacial score (nSPS) is 12.5. The molecule has 0 radical (unpaired) electrons. The van der Waals surface area contributed by atoms with E-state index in [4.69, 9.17) is 5.11 Å². The van der Waals surface area contributed by atoms with Gasteiger partial charge in [0.15, 0.2) is 12.4 Å². The van der Waals surface area contributed by atoms with Crippen molar-refractivity contribution in [3.05, 3.63) is 36.7 Å². The van der Waals surface area contributed by atoms with Crippen molar-refractivity contribution in [1.29, 1.82) is 0 Å². The van der Waals surface area contributed by atoms with E-state index < -0.39 is 6.23 Å². The van der Waals surface area contributed by atoms with E-state index in [9.17, 15) is 0 Å². The van der Waals surface area contributed by atoms with E-state index in [1.54, 1.807) is 17.6 Å². The molecule has 0 aliphatic rings. The monoisotopic (exact) mass is 150 g/mol. The molecule has 0 aromatic carbocycles. The van der Waals surface area contributed by atoms with Gasteiger partial charge in [0.2, 0.25) is 0 Å². The smallest absolute Gasteiger partial charge is 0.257 e. The lowest BCUT2D eigenvalue weighted by Crippen LogP contribution is -2.36. The van der Waals surface area contributed by atoms with Crippen LogP contribution in [0.2, 0.25) is 0 Å². The van der Waals surface area contributed by atoms with Crippen LogP contribution in [-0.4, -0.2) is 5.11 Å². The summed E-state index contributed by atoms with van der Waals surface area (Å²) in [5.41, 5.74) is 1.06. The molecule has 2 nitrogen and oxygen atoms in total. The third-order valence-corrected chi connectivity index (χ3v) is 1.55. The topological polar surface area (TPSA) is 24.1 Å². The summed E-state index contributed by atoms with van der Waals surface area (Å²) in [5.74, 6) is 0. The average molecular weight is 150 g/mol. The van der Waals surface area contributed by atoms with Gasteiger partial charge in [-0.2, -0.15) is 4.57 Å². The fourth-order valence-electron chi connectivity index (χ4n) is 0.835. The van der Waals surface area contributed by atoms with Crippen LogP contribution in [0.3, 0.4) is 0 Å². The molecular formula is C9H12NO+. The Morgan fingerprint density at radius 1 is 1.55 bits per heavy atom. The molecule has 0 saturated carbocycles. The van der Waals surface area contributed by atoms with Gasteiger partial charge < -0.3 is 5.11 Å². The molecule has 2 heteroatoms. The molecule has 0 aliphatic heterocycles. The Kier molecular flexibility index (Phi) is 2.39. The summed E-state index contributed by atoms with van der Waals surface area (Å²) in [4.78, 5) is 0. The highest BCUT2D eigenvalue weighted by Gasteiger charge is 2.04. The van der Waals surface area contributed by atoms with Gasteiger partial charge in [0.05, 0.1) is 0 Å². The first kappa shape index (κ1) is 7.95. The predicted octanol–water partition coefficient (Wildman–Crippen LogP) is 1.13. The number of nitrogens with zero attached hydrogens (tertiary/aromatic N) is 1. The zero-order chi connectivity index (χ0) is 8.27. The highest BCUT2D eigenvalue weighted by atomic mass is 16.3. The maximum atomic E-state index is 9.12. The Labute approximate surface area is 66.4 Å². The Bertz CT molecular complexity index is 238. The van der Waals surface area contributed by atoms with Crippen LogP contribution in [0, 0.1) is 0 Å². The summed E-state index contributed by atoms with van der Waals surface area (Å²) in [6.45, 7) is 5.35. The van der Waals surface area contributed by atoms with E-state index in [1.807, 2.05) is 24.5 Å². The summed E-state index contributed by atoms with van der Waals surface area (Å²) in [5, 5.41) is 9.12. The number of pyridine rings is 1. The lowest BCUT2D eigenvalue weighted by atomic mass is 10.3. The quantitative estimate of drug-likeness (QED) is 0.628. The highest BCUT2D eigenvalue weighted by Crippen LogP contribution is 1.97. The van der Waals surface area contributed by atoms with Gasteiger partial charge in [-0.05, 0) is 5.56 Å². The fraction of sp³-hybridized carbons (Fsp3) is 0.222. The predicted molar refractivity (Wildman–Crippen MR) is 43.7 cm³/mol. The molecule has 1 aromatic heterocycles. The van der Waals surface area contributed by atoms with Crippen LogP contribution in [0.5, 0.6) is 0 Å². The lowest BCUT2D eigenvalue weighted by Gasteiger charge is -1.97. The van der Waals surface area contributed by atoms with Crippen molar-refractivity contribution in [2.75, 3.05) is 0 Å². The van der Waals surface area contributed by atoms with Gasteiger partial charge in [-0.25, -0.2) is 0 Å². The second-order valence-corrected chi connectivity index (χ2v) is 2.41. The minimum absolute atomic E-state index is 0.464. The summed E-state index contributed by atoms with van der Waals surface area (Å²) in [6.07, 6.45) is 4.95. The van der Waals surface area contributed by atoms with Crippen LogP contribution in [0.1, 0.15) is 18.7 Å². The second kappa shape index (κ2) is 3.30. The van der Waals surface area contributed by atoms with Crippen molar-refractivity contribution in [2.24, 2.45) is 0 Å². The summed E-state index contributed by atoms with van der Waals surface area (Å²) >= 11 is 0. The number of hydrogen-bond acceptors (Lipinski definition) is 1. The van der Waals surface area contributed by atoms with Gasteiger partial charge in [-0.3, -0.25) is 0 Å². The number of rotatable bonds is 2. The van der Waals surface area contributed by atoms with Crippen molar-refractivity contribution in [2.45, 2.75) is 13.2 Å². The largest absolute Gasteiger partial charge is 0.337 e. The Balaban J connectivity index is 2.91. The number of aliphatic hydroxyl groups is 1. The van der Waals surface area contributed by atoms with E-state index >= 15 is 0 Å². The van der Waals surface area contributed by atoms with E-state index in [-0.39, 0.29) is 0 Å². The molecule has 0 fully saturated rings. The van der Waals surface area contributed by atoms with Crippen LogP contribution in [-0.2, 0) is 0 Å². The molecule has 1 aromatic rings. The Morgan fingerprint density at radius 3 is 2.45 bits per heavy atom. The minimum atomic E-state index is -0.464. The molecule has 1 heterocycles. The molecule has 58 valence electrons. The van der Waals surface area contributed by atoms with Gasteiger partial charge in [-0.15, -0.1) is 0 Å². The maximum Gasteiger partial charge on any atom is 0.257 e. The molecule has 0 spiro atoms. The first-order valence-corrected chi connectivity index (χ1v) is 3.55. The fourth-order valence-corrected chi connectivity index (χ4v) is 0.835. The summed E-state index contributed by atoms with van der Waals surface area (Å²) in [6, 6.07) is 3.80.